The van der Waals surface area contributed by atoms with Crippen molar-refractivity contribution in [3.05, 3.63) is 0 Å². The van der Waals surface area contributed by atoms with Gasteiger partial charge in [-0.05, 0) is 31.1 Å². The van der Waals surface area contributed by atoms with E-state index in [0.717, 1.165) is 5.41 Å². The molecule has 0 unspecified atom stereocenters. The first-order valence-electron chi connectivity index (χ1n) is 5.54. The van der Waals surface area contributed by atoms with Gasteiger partial charge in [0.1, 0.15) is 0 Å². The second-order valence-corrected chi connectivity index (χ2v) is 4.91. The molecule has 2 aliphatic rings. The Morgan fingerprint density at radius 1 is 0.923 bits per heavy atom. The first-order chi connectivity index (χ1) is 6.35. The summed E-state index contributed by atoms with van der Waals surface area (Å²) in [6.45, 7) is 2.42. The fourth-order valence-corrected chi connectivity index (χ4v) is 3.12. The lowest BCUT2D eigenvalue weighted by atomic mass is 9.68. The molecule has 0 radical (unpaired) electrons. The van der Waals surface area contributed by atoms with E-state index in [1.807, 2.05) is 5.49 Å². The molecule has 1 nitrogen and oxygen atoms in total. The smallest absolute Gasteiger partial charge is 0.0640 e. The van der Waals surface area contributed by atoms with Gasteiger partial charge >= 0.3 is 0 Å². The molecular weight excluding hydrogens is 178 g/mol. The summed E-state index contributed by atoms with van der Waals surface area (Å²) < 4.78 is 0. The van der Waals surface area contributed by atoms with Gasteiger partial charge < -0.3 is 4.90 Å². The Morgan fingerprint density at radius 3 is 2.08 bits per heavy atom. The summed E-state index contributed by atoms with van der Waals surface area (Å²) in [5.41, 5.74) is 2.57. The first-order valence-corrected chi connectivity index (χ1v) is 6.01. The summed E-state index contributed by atoms with van der Waals surface area (Å²) in [7, 11) is 0. The van der Waals surface area contributed by atoms with E-state index in [0.29, 0.717) is 0 Å². The lowest BCUT2D eigenvalue weighted by Crippen LogP contribution is -2.39. The summed E-state index contributed by atoms with van der Waals surface area (Å²) in [6.07, 6.45) is 10.2. The van der Waals surface area contributed by atoms with Crippen LogP contribution in [0.15, 0.2) is 0 Å². The maximum atomic E-state index is 4.96. The number of rotatable bonds is 1. The number of hydrogen-bond donors (Lipinski definition) is 0. The SMILES string of the molecule is S=CN1CCC2(CCCCC2)CC1. The molecule has 0 aromatic heterocycles. The van der Waals surface area contributed by atoms with Crippen LogP contribution in [0.1, 0.15) is 44.9 Å². The molecule has 1 saturated carbocycles. The Hall–Kier alpha value is -0.110. The minimum absolute atomic E-state index is 0.729. The van der Waals surface area contributed by atoms with E-state index in [-0.39, 0.29) is 0 Å². The molecule has 2 rings (SSSR count). The summed E-state index contributed by atoms with van der Waals surface area (Å²) in [4.78, 5) is 2.30. The lowest BCUT2D eigenvalue weighted by molar-refractivity contribution is 0.100. The van der Waals surface area contributed by atoms with E-state index in [4.69, 9.17) is 12.2 Å². The number of likely N-dealkylation sites (tertiary alicyclic amines) is 1. The molecule has 1 saturated heterocycles. The van der Waals surface area contributed by atoms with Gasteiger partial charge in [-0.3, -0.25) is 0 Å². The maximum absolute atomic E-state index is 4.96. The molecule has 1 aliphatic heterocycles. The molecule has 0 bridgehead atoms. The van der Waals surface area contributed by atoms with Gasteiger partial charge in [0, 0.05) is 13.1 Å². The molecule has 0 aromatic rings. The van der Waals surface area contributed by atoms with Crippen molar-refractivity contribution in [1.29, 1.82) is 0 Å². The Morgan fingerprint density at radius 2 is 1.54 bits per heavy atom. The van der Waals surface area contributed by atoms with Crippen molar-refractivity contribution in [2.24, 2.45) is 5.41 Å². The first kappa shape index (κ1) is 9.45. The molecule has 1 aliphatic carbocycles. The van der Waals surface area contributed by atoms with Gasteiger partial charge in [0.2, 0.25) is 0 Å². The quantitative estimate of drug-likeness (QED) is 0.595. The van der Waals surface area contributed by atoms with Crippen molar-refractivity contribution in [3.63, 3.8) is 0 Å². The summed E-state index contributed by atoms with van der Waals surface area (Å²) in [6, 6.07) is 0. The Bertz CT molecular complexity index is 175. The zero-order valence-corrected chi connectivity index (χ0v) is 9.11. The van der Waals surface area contributed by atoms with Crippen LogP contribution in [0.2, 0.25) is 0 Å². The minimum atomic E-state index is 0.729. The van der Waals surface area contributed by atoms with Crippen LogP contribution >= 0.6 is 12.2 Å². The average molecular weight is 197 g/mol. The van der Waals surface area contributed by atoms with Gasteiger partial charge in [0.25, 0.3) is 0 Å². The molecule has 0 amide bonds. The molecule has 1 spiro atoms. The van der Waals surface area contributed by atoms with Crippen molar-refractivity contribution < 1.29 is 0 Å². The topological polar surface area (TPSA) is 3.24 Å². The average Bonchev–Trinajstić information content (AvgIpc) is 2.20. The third kappa shape index (κ3) is 2.04. The van der Waals surface area contributed by atoms with Gasteiger partial charge in [-0.2, -0.15) is 0 Å². The zero-order valence-electron chi connectivity index (χ0n) is 8.30. The summed E-state index contributed by atoms with van der Waals surface area (Å²) in [5, 5.41) is 0. The van der Waals surface area contributed by atoms with Crippen molar-refractivity contribution in [1.82, 2.24) is 4.90 Å². The van der Waals surface area contributed by atoms with Crippen LogP contribution in [0.4, 0.5) is 0 Å². The van der Waals surface area contributed by atoms with Gasteiger partial charge in [0.15, 0.2) is 0 Å². The Kier molecular flexibility index (Phi) is 2.87. The van der Waals surface area contributed by atoms with E-state index in [9.17, 15) is 0 Å². The minimum Gasteiger partial charge on any atom is -0.369 e. The Balaban J connectivity index is 1.91. The molecule has 0 aromatic carbocycles. The summed E-state index contributed by atoms with van der Waals surface area (Å²) in [5.74, 6) is 0. The van der Waals surface area contributed by atoms with Gasteiger partial charge in [-0.1, -0.05) is 31.5 Å². The highest BCUT2D eigenvalue weighted by atomic mass is 32.1. The fourth-order valence-electron chi connectivity index (χ4n) is 2.91. The normalized spacial score (nSPS) is 27.5. The van der Waals surface area contributed by atoms with Crippen molar-refractivity contribution in [3.8, 4) is 0 Å². The summed E-state index contributed by atoms with van der Waals surface area (Å²) >= 11 is 4.96. The number of thiocarbonyl (C=S) groups is 1. The zero-order chi connectivity index (χ0) is 9.15. The van der Waals surface area contributed by atoms with Gasteiger partial charge in [0.05, 0.1) is 5.49 Å². The van der Waals surface area contributed by atoms with Crippen LogP contribution in [-0.2, 0) is 0 Å². The molecule has 2 fully saturated rings. The molecule has 74 valence electrons. The predicted molar refractivity (Wildman–Crippen MR) is 60.0 cm³/mol. The monoisotopic (exact) mass is 197 g/mol. The van der Waals surface area contributed by atoms with Crippen molar-refractivity contribution in [2.45, 2.75) is 44.9 Å². The maximum Gasteiger partial charge on any atom is 0.0640 e. The van der Waals surface area contributed by atoms with Crippen molar-refractivity contribution >= 4 is 17.7 Å². The highest BCUT2D eigenvalue weighted by Crippen LogP contribution is 2.44. The second kappa shape index (κ2) is 3.95. The fraction of sp³-hybridized carbons (Fsp3) is 0.909. The predicted octanol–water partition coefficient (Wildman–Crippen LogP) is 2.99. The Labute approximate surface area is 86.5 Å². The number of hydrogen-bond acceptors (Lipinski definition) is 1. The molecule has 2 heteroatoms. The highest BCUT2D eigenvalue weighted by Gasteiger charge is 2.34. The van der Waals surface area contributed by atoms with Crippen LogP contribution in [0.3, 0.4) is 0 Å². The van der Waals surface area contributed by atoms with E-state index in [2.05, 4.69) is 4.90 Å². The molecule has 0 atom stereocenters. The van der Waals surface area contributed by atoms with Crippen LogP contribution in [0.5, 0.6) is 0 Å². The van der Waals surface area contributed by atoms with E-state index in [1.54, 1.807) is 0 Å². The molecule has 13 heavy (non-hydrogen) atoms. The highest BCUT2D eigenvalue weighted by molar-refractivity contribution is 7.78. The van der Waals surface area contributed by atoms with E-state index < -0.39 is 0 Å². The third-order valence-electron chi connectivity index (χ3n) is 3.92. The largest absolute Gasteiger partial charge is 0.369 e. The molecule has 0 N–H and O–H groups in total. The van der Waals surface area contributed by atoms with E-state index in [1.165, 1.54) is 58.0 Å². The van der Waals surface area contributed by atoms with E-state index >= 15 is 0 Å². The van der Waals surface area contributed by atoms with Gasteiger partial charge in [-0.25, -0.2) is 0 Å². The van der Waals surface area contributed by atoms with Crippen LogP contribution in [0.25, 0.3) is 0 Å². The number of nitrogens with zero attached hydrogens (tertiary/aromatic N) is 1. The van der Waals surface area contributed by atoms with Gasteiger partial charge in [-0.15, -0.1) is 0 Å². The van der Waals surface area contributed by atoms with Crippen LogP contribution in [0, 0.1) is 5.41 Å². The van der Waals surface area contributed by atoms with Crippen molar-refractivity contribution in [2.75, 3.05) is 13.1 Å². The lowest BCUT2D eigenvalue weighted by Gasteiger charge is -2.43. The third-order valence-corrected chi connectivity index (χ3v) is 4.22. The van der Waals surface area contributed by atoms with Crippen LogP contribution in [-0.4, -0.2) is 23.5 Å². The van der Waals surface area contributed by atoms with Crippen LogP contribution < -0.4 is 0 Å². The standard InChI is InChI=1S/C11H19NS/c13-10-12-8-6-11(7-9-12)4-2-1-3-5-11/h10H,1-9H2. The second-order valence-electron chi connectivity index (χ2n) is 4.70. The number of piperidine rings is 1. The molecule has 1 heterocycles. The molecular formula is C11H19NS.